The molecular weight excluding hydrogens is 296 g/mol. The van der Waals surface area contributed by atoms with Crippen molar-refractivity contribution in [2.75, 3.05) is 24.7 Å². The molecule has 0 atom stereocenters. The van der Waals surface area contributed by atoms with E-state index in [9.17, 15) is 0 Å². The number of benzene rings is 2. The van der Waals surface area contributed by atoms with Crippen molar-refractivity contribution in [2.45, 2.75) is 13.8 Å². The first-order chi connectivity index (χ1) is 10.9. The Balaban J connectivity index is 1.69. The van der Waals surface area contributed by atoms with E-state index in [1.54, 1.807) is 48.5 Å². The highest BCUT2D eigenvalue weighted by atomic mass is 17.2. The van der Waals surface area contributed by atoms with Crippen LogP contribution in [-0.4, -0.2) is 13.2 Å². The van der Waals surface area contributed by atoms with Gasteiger partial charge in [-0.25, -0.2) is 0 Å². The van der Waals surface area contributed by atoms with Crippen molar-refractivity contribution in [1.82, 2.24) is 0 Å². The Hall–Kier alpha value is -2.44. The van der Waals surface area contributed by atoms with Crippen LogP contribution in [0.2, 0.25) is 0 Å². The van der Waals surface area contributed by atoms with Gasteiger partial charge in [0, 0.05) is 16.8 Å². The van der Waals surface area contributed by atoms with Crippen LogP contribution in [0.4, 0.5) is 11.4 Å². The number of nitrogens with two attached hydrogens (primary N) is 2. The second kappa shape index (κ2) is 7.71. The summed E-state index contributed by atoms with van der Waals surface area (Å²) in [6.45, 7) is 4.63. The maximum atomic E-state index is 5.60. The van der Waals surface area contributed by atoms with Crippen molar-refractivity contribution in [1.29, 1.82) is 0 Å². The summed E-state index contributed by atoms with van der Waals surface area (Å²) in [5.41, 5.74) is 12.3. The lowest BCUT2D eigenvalue weighted by atomic mass is 9.97. The second-order valence-electron chi connectivity index (χ2n) is 5.99. The number of anilines is 2. The molecule has 2 aromatic carbocycles. The summed E-state index contributed by atoms with van der Waals surface area (Å²) in [5.74, 6) is 1.18. The Labute approximate surface area is 135 Å². The summed E-state index contributed by atoms with van der Waals surface area (Å²) in [4.78, 5) is 20.9. The van der Waals surface area contributed by atoms with E-state index in [4.69, 9.17) is 31.0 Å². The fourth-order valence-electron chi connectivity index (χ4n) is 1.60. The van der Waals surface area contributed by atoms with E-state index in [0.717, 1.165) is 0 Å². The van der Waals surface area contributed by atoms with Gasteiger partial charge in [0.2, 0.25) is 0 Å². The molecular formula is C17H22N2O4. The average molecular weight is 318 g/mol. The molecule has 0 aromatic heterocycles. The van der Waals surface area contributed by atoms with Gasteiger partial charge in [0.15, 0.2) is 11.5 Å². The van der Waals surface area contributed by atoms with Crippen LogP contribution >= 0.6 is 0 Å². The van der Waals surface area contributed by atoms with E-state index in [2.05, 4.69) is 0 Å². The van der Waals surface area contributed by atoms with Crippen LogP contribution in [0.15, 0.2) is 48.5 Å². The molecule has 0 spiro atoms. The predicted molar refractivity (Wildman–Crippen MR) is 88.6 cm³/mol. The number of nitrogen functional groups attached to an aromatic ring is 2. The van der Waals surface area contributed by atoms with Gasteiger partial charge in [0.05, 0.1) is 0 Å². The van der Waals surface area contributed by atoms with Crippen molar-refractivity contribution in [3.05, 3.63) is 48.5 Å². The van der Waals surface area contributed by atoms with Crippen LogP contribution in [0.3, 0.4) is 0 Å². The van der Waals surface area contributed by atoms with Crippen molar-refractivity contribution in [2.24, 2.45) is 5.41 Å². The van der Waals surface area contributed by atoms with Gasteiger partial charge in [-0.2, -0.15) is 9.78 Å². The highest BCUT2D eigenvalue weighted by Crippen LogP contribution is 2.20. The molecule has 0 bridgehead atoms. The molecule has 2 rings (SSSR count). The van der Waals surface area contributed by atoms with Crippen molar-refractivity contribution in [3.8, 4) is 11.5 Å². The maximum absolute atomic E-state index is 5.60. The Morgan fingerprint density at radius 2 is 1.04 bits per heavy atom. The molecule has 0 saturated carbocycles. The summed E-state index contributed by atoms with van der Waals surface area (Å²) in [6, 6.07) is 13.9. The Morgan fingerprint density at radius 1 is 0.696 bits per heavy atom. The van der Waals surface area contributed by atoms with Gasteiger partial charge < -0.3 is 21.2 Å². The van der Waals surface area contributed by atoms with Gasteiger partial charge in [0.1, 0.15) is 13.2 Å². The van der Waals surface area contributed by atoms with Gasteiger partial charge in [-0.1, -0.05) is 13.8 Å². The topological polar surface area (TPSA) is 89.0 Å². The third kappa shape index (κ3) is 6.06. The van der Waals surface area contributed by atoms with E-state index in [-0.39, 0.29) is 5.41 Å². The zero-order chi connectivity index (χ0) is 16.7. The first-order valence-corrected chi connectivity index (χ1v) is 7.25. The summed E-state index contributed by atoms with van der Waals surface area (Å²) < 4.78 is 0. The van der Waals surface area contributed by atoms with Gasteiger partial charge in [-0.15, -0.1) is 0 Å². The molecule has 0 saturated heterocycles. The number of hydrogen-bond donors (Lipinski definition) is 2. The molecule has 0 aliphatic rings. The van der Waals surface area contributed by atoms with E-state index >= 15 is 0 Å². The minimum atomic E-state index is -0.290. The van der Waals surface area contributed by atoms with Crippen LogP contribution in [0, 0.1) is 5.41 Å². The molecule has 0 unspecified atom stereocenters. The number of rotatable bonds is 8. The Bertz CT molecular complexity index is 543. The molecule has 6 heteroatoms. The fraction of sp³-hybridized carbons (Fsp3) is 0.294. The third-order valence-corrected chi connectivity index (χ3v) is 2.97. The molecule has 0 aliphatic carbocycles. The molecule has 0 heterocycles. The standard InChI is InChI=1S/C17H22N2O4/c1-17(2,11-20-22-15-7-3-13(18)4-8-15)12-21-23-16-9-5-14(19)6-10-16/h3-10H,11-12,18-19H2,1-2H3. The lowest BCUT2D eigenvalue weighted by molar-refractivity contribution is -0.263. The third-order valence-electron chi connectivity index (χ3n) is 2.97. The largest absolute Gasteiger partial charge is 0.399 e. The molecule has 0 radical (unpaired) electrons. The highest BCUT2D eigenvalue weighted by molar-refractivity contribution is 5.42. The summed E-state index contributed by atoms with van der Waals surface area (Å²) in [6.07, 6.45) is 0. The summed E-state index contributed by atoms with van der Waals surface area (Å²) in [5, 5.41) is 0. The van der Waals surface area contributed by atoms with Crippen LogP contribution in [0.1, 0.15) is 13.8 Å². The molecule has 0 aliphatic heterocycles. The number of hydrogen-bond acceptors (Lipinski definition) is 6. The van der Waals surface area contributed by atoms with Gasteiger partial charge >= 0.3 is 0 Å². The Kier molecular flexibility index (Phi) is 5.67. The quantitative estimate of drug-likeness (QED) is 0.441. The first-order valence-electron chi connectivity index (χ1n) is 7.25. The lowest BCUT2D eigenvalue weighted by Crippen LogP contribution is -2.27. The zero-order valence-electron chi connectivity index (χ0n) is 13.3. The van der Waals surface area contributed by atoms with E-state index in [0.29, 0.717) is 36.1 Å². The molecule has 124 valence electrons. The van der Waals surface area contributed by atoms with Crippen LogP contribution < -0.4 is 21.2 Å². The molecule has 0 fully saturated rings. The molecule has 0 amide bonds. The van der Waals surface area contributed by atoms with Crippen LogP contribution in [0.25, 0.3) is 0 Å². The second-order valence-corrected chi connectivity index (χ2v) is 5.99. The van der Waals surface area contributed by atoms with Crippen molar-refractivity contribution in [3.63, 3.8) is 0 Å². The molecule has 6 nitrogen and oxygen atoms in total. The maximum Gasteiger partial charge on any atom is 0.165 e. The van der Waals surface area contributed by atoms with Gasteiger partial charge in [0.25, 0.3) is 0 Å². The molecule has 2 aromatic rings. The minimum Gasteiger partial charge on any atom is -0.399 e. The van der Waals surface area contributed by atoms with E-state index < -0.39 is 0 Å². The van der Waals surface area contributed by atoms with E-state index in [1.165, 1.54) is 0 Å². The van der Waals surface area contributed by atoms with Crippen LogP contribution in [0.5, 0.6) is 11.5 Å². The molecule has 4 N–H and O–H groups in total. The SMILES string of the molecule is CC(C)(COOc1ccc(N)cc1)COOc1ccc(N)cc1. The van der Waals surface area contributed by atoms with Gasteiger partial charge in [-0.3, -0.25) is 0 Å². The lowest BCUT2D eigenvalue weighted by Gasteiger charge is -2.22. The predicted octanol–water partition coefficient (Wildman–Crippen LogP) is 3.20. The van der Waals surface area contributed by atoms with Gasteiger partial charge in [-0.05, 0) is 48.5 Å². The average Bonchev–Trinajstić information content (AvgIpc) is 2.51. The van der Waals surface area contributed by atoms with Crippen molar-refractivity contribution >= 4 is 11.4 Å². The molecule has 23 heavy (non-hydrogen) atoms. The summed E-state index contributed by atoms with van der Waals surface area (Å²) >= 11 is 0. The normalized spacial score (nSPS) is 11.2. The summed E-state index contributed by atoms with van der Waals surface area (Å²) in [7, 11) is 0. The first kappa shape index (κ1) is 16.9. The van der Waals surface area contributed by atoms with E-state index in [1.807, 2.05) is 13.8 Å². The smallest absolute Gasteiger partial charge is 0.165 e. The fourth-order valence-corrected chi connectivity index (χ4v) is 1.60. The van der Waals surface area contributed by atoms with Crippen molar-refractivity contribution < 1.29 is 19.6 Å². The van der Waals surface area contributed by atoms with Crippen LogP contribution in [-0.2, 0) is 9.78 Å². The monoisotopic (exact) mass is 318 g/mol. The Morgan fingerprint density at radius 3 is 1.39 bits per heavy atom. The zero-order valence-corrected chi connectivity index (χ0v) is 13.3. The minimum absolute atomic E-state index is 0.290. The highest BCUT2D eigenvalue weighted by Gasteiger charge is 2.21.